The monoisotopic (exact) mass is 369 g/mol. The third kappa shape index (κ3) is 3.75. The van der Waals surface area contributed by atoms with E-state index < -0.39 is 0 Å². The van der Waals surface area contributed by atoms with Gasteiger partial charge in [-0.1, -0.05) is 17.7 Å². The van der Waals surface area contributed by atoms with E-state index in [1.165, 1.54) is 5.56 Å². The summed E-state index contributed by atoms with van der Waals surface area (Å²) in [5.41, 5.74) is 2.17. The van der Waals surface area contributed by atoms with Gasteiger partial charge >= 0.3 is 0 Å². The highest BCUT2D eigenvalue weighted by Crippen LogP contribution is 2.41. The molecule has 27 heavy (non-hydrogen) atoms. The van der Waals surface area contributed by atoms with E-state index in [1.54, 1.807) is 0 Å². The van der Waals surface area contributed by atoms with Gasteiger partial charge in [-0.05, 0) is 63.7 Å². The number of carbonyl (C=O) groups is 2. The zero-order chi connectivity index (χ0) is 19.0. The van der Waals surface area contributed by atoms with E-state index >= 15 is 0 Å². The van der Waals surface area contributed by atoms with Gasteiger partial charge in [-0.15, -0.1) is 0 Å². The summed E-state index contributed by atoms with van der Waals surface area (Å²) in [5.74, 6) is 0.477. The standard InChI is InChI=1S/C22H31N3O2/c1-17-3-5-18(6-4-17)21(27)24-13-10-22(11-14-24)9-7-20(26)25(16-22)19-8-12-23(2)15-19/h3-6,19H,7-16H2,1-2H3/t19-/m0/s1. The summed E-state index contributed by atoms with van der Waals surface area (Å²) in [6, 6.07) is 8.25. The first-order chi connectivity index (χ1) is 13.0. The minimum atomic E-state index is 0.144. The molecule has 0 bridgehead atoms. The Hall–Kier alpha value is -1.88. The van der Waals surface area contributed by atoms with Gasteiger partial charge in [-0.25, -0.2) is 0 Å². The molecule has 3 saturated heterocycles. The molecule has 5 heteroatoms. The summed E-state index contributed by atoms with van der Waals surface area (Å²) in [7, 11) is 2.14. The van der Waals surface area contributed by atoms with Crippen LogP contribution in [0, 0.1) is 12.3 Å². The molecule has 5 nitrogen and oxygen atoms in total. The summed E-state index contributed by atoms with van der Waals surface area (Å²) < 4.78 is 0. The number of hydrogen-bond acceptors (Lipinski definition) is 3. The smallest absolute Gasteiger partial charge is 0.253 e. The predicted molar refractivity (Wildman–Crippen MR) is 106 cm³/mol. The fraction of sp³-hybridized carbons (Fsp3) is 0.636. The summed E-state index contributed by atoms with van der Waals surface area (Å²) in [5, 5.41) is 0. The van der Waals surface area contributed by atoms with E-state index in [1.807, 2.05) is 36.1 Å². The van der Waals surface area contributed by atoms with E-state index in [2.05, 4.69) is 16.8 Å². The normalized spacial score (nSPS) is 26.0. The largest absolute Gasteiger partial charge is 0.339 e. The summed E-state index contributed by atoms with van der Waals surface area (Å²) >= 11 is 0. The molecule has 0 aromatic heterocycles. The highest BCUT2D eigenvalue weighted by molar-refractivity contribution is 5.94. The maximum atomic E-state index is 12.8. The highest BCUT2D eigenvalue weighted by Gasteiger charge is 2.44. The SMILES string of the molecule is Cc1ccc(C(=O)N2CCC3(CCC(=O)N([C@H]4CCN(C)C4)C3)CC2)cc1. The topological polar surface area (TPSA) is 43.9 Å². The Labute approximate surface area is 162 Å². The maximum absolute atomic E-state index is 12.8. The highest BCUT2D eigenvalue weighted by atomic mass is 16.2. The summed E-state index contributed by atoms with van der Waals surface area (Å²) in [6.45, 7) is 6.62. The molecule has 0 aliphatic carbocycles. The second kappa shape index (κ2) is 7.27. The zero-order valence-corrected chi connectivity index (χ0v) is 16.6. The molecule has 2 amide bonds. The summed E-state index contributed by atoms with van der Waals surface area (Å²) in [6.07, 6.45) is 4.77. The van der Waals surface area contributed by atoms with E-state index in [-0.39, 0.29) is 11.3 Å². The van der Waals surface area contributed by atoms with Crippen molar-refractivity contribution in [1.82, 2.24) is 14.7 Å². The van der Waals surface area contributed by atoms with E-state index in [0.717, 1.165) is 64.0 Å². The minimum Gasteiger partial charge on any atom is -0.339 e. The lowest BCUT2D eigenvalue weighted by atomic mass is 9.72. The Morgan fingerprint density at radius 1 is 1.07 bits per heavy atom. The third-order valence-electron chi connectivity index (χ3n) is 6.91. The molecular weight excluding hydrogens is 338 g/mol. The lowest BCUT2D eigenvalue weighted by Gasteiger charge is -2.49. The molecule has 3 aliphatic heterocycles. The quantitative estimate of drug-likeness (QED) is 0.805. The first-order valence-electron chi connectivity index (χ1n) is 10.3. The van der Waals surface area contributed by atoms with Gasteiger partial charge in [0.1, 0.15) is 0 Å². The number of likely N-dealkylation sites (tertiary alicyclic amines) is 3. The zero-order valence-electron chi connectivity index (χ0n) is 16.6. The number of likely N-dealkylation sites (N-methyl/N-ethyl adjacent to an activating group) is 1. The molecule has 0 radical (unpaired) electrons. The Morgan fingerprint density at radius 3 is 2.41 bits per heavy atom. The van der Waals surface area contributed by atoms with Gasteiger partial charge in [0.05, 0.1) is 0 Å². The van der Waals surface area contributed by atoms with Crippen molar-refractivity contribution in [1.29, 1.82) is 0 Å². The van der Waals surface area contributed by atoms with Gasteiger partial charge < -0.3 is 14.7 Å². The van der Waals surface area contributed by atoms with Crippen molar-refractivity contribution in [2.24, 2.45) is 5.41 Å². The molecule has 1 aromatic carbocycles. The molecule has 3 fully saturated rings. The number of nitrogens with zero attached hydrogens (tertiary/aromatic N) is 3. The van der Waals surface area contributed by atoms with Gasteiger partial charge in [0.25, 0.3) is 5.91 Å². The van der Waals surface area contributed by atoms with Crippen molar-refractivity contribution in [2.75, 3.05) is 39.8 Å². The Bertz CT molecular complexity index is 707. The Kier molecular flexibility index (Phi) is 4.97. The van der Waals surface area contributed by atoms with Gasteiger partial charge in [0.15, 0.2) is 0 Å². The molecule has 3 aliphatic rings. The fourth-order valence-corrected chi connectivity index (χ4v) is 5.01. The lowest BCUT2D eigenvalue weighted by molar-refractivity contribution is -0.141. The Morgan fingerprint density at radius 2 is 1.78 bits per heavy atom. The molecule has 0 unspecified atom stereocenters. The molecule has 1 spiro atoms. The van der Waals surface area contributed by atoms with Crippen LogP contribution in [0.5, 0.6) is 0 Å². The third-order valence-corrected chi connectivity index (χ3v) is 6.91. The number of rotatable bonds is 2. The second-order valence-electron chi connectivity index (χ2n) is 8.88. The molecule has 0 saturated carbocycles. The molecule has 4 rings (SSSR count). The molecule has 3 heterocycles. The van der Waals surface area contributed by atoms with Gasteiger partial charge in [-0.3, -0.25) is 9.59 Å². The van der Waals surface area contributed by atoms with Crippen LogP contribution in [0.2, 0.25) is 0 Å². The number of amides is 2. The van der Waals surface area contributed by atoms with Crippen LogP contribution in [0.25, 0.3) is 0 Å². The number of aryl methyl sites for hydroxylation is 1. The first kappa shape index (κ1) is 18.5. The average molecular weight is 370 g/mol. The van der Waals surface area contributed by atoms with Gasteiger partial charge in [0.2, 0.25) is 5.91 Å². The van der Waals surface area contributed by atoms with Crippen molar-refractivity contribution < 1.29 is 9.59 Å². The number of piperidine rings is 2. The predicted octanol–water partition coefficient (Wildman–Crippen LogP) is 2.54. The van der Waals surface area contributed by atoms with Gasteiger partial charge in [-0.2, -0.15) is 0 Å². The Balaban J connectivity index is 1.39. The van der Waals surface area contributed by atoms with Crippen LogP contribution in [0.4, 0.5) is 0 Å². The maximum Gasteiger partial charge on any atom is 0.253 e. The van der Waals surface area contributed by atoms with Crippen LogP contribution in [0.3, 0.4) is 0 Å². The van der Waals surface area contributed by atoms with Crippen LogP contribution < -0.4 is 0 Å². The molecule has 0 N–H and O–H groups in total. The van der Waals surface area contributed by atoms with Crippen LogP contribution in [-0.4, -0.2) is 72.3 Å². The number of carbonyl (C=O) groups excluding carboxylic acids is 2. The van der Waals surface area contributed by atoms with Crippen molar-refractivity contribution >= 4 is 11.8 Å². The minimum absolute atomic E-state index is 0.144. The number of hydrogen-bond donors (Lipinski definition) is 0. The van der Waals surface area contributed by atoms with Crippen LogP contribution >= 0.6 is 0 Å². The first-order valence-corrected chi connectivity index (χ1v) is 10.3. The van der Waals surface area contributed by atoms with Crippen molar-refractivity contribution in [2.45, 2.75) is 45.1 Å². The van der Waals surface area contributed by atoms with Gasteiger partial charge in [0, 0.05) is 44.2 Å². The van der Waals surface area contributed by atoms with Crippen molar-refractivity contribution in [3.8, 4) is 0 Å². The van der Waals surface area contributed by atoms with E-state index in [0.29, 0.717) is 18.4 Å². The molecule has 1 atom stereocenters. The van der Waals surface area contributed by atoms with Crippen LogP contribution in [0.1, 0.15) is 48.0 Å². The number of benzene rings is 1. The second-order valence-corrected chi connectivity index (χ2v) is 8.88. The summed E-state index contributed by atoms with van der Waals surface area (Å²) in [4.78, 5) is 31.8. The van der Waals surface area contributed by atoms with E-state index in [9.17, 15) is 9.59 Å². The molecule has 146 valence electrons. The van der Waals surface area contributed by atoms with Crippen LogP contribution in [-0.2, 0) is 4.79 Å². The van der Waals surface area contributed by atoms with E-state index in [4.69, 9.17) is 0 Å². The van der Waals surface area contributed by atoms with Crippen molar-refractivity contribution in [3.63, 3.8) is 0 Å². The molecule has 1 aromatic rings. The van der Waals surface area contributed by atoms with Crippen LogP contribution in [0.15, 0.2) is 24.3 Å². The van der Waals surface area contributed by atoms with Crippen molar-refractivity contribution in [3.05, 3.63) is 35.4 Å². The fourth-order valence-electron chi connectivity index (χ4n) is 5.01. The average Bonchev–Trinajstić information content (AvgIpc) is 3.11. The lowest BCUT2D eigenvalue weighted by Crippen LogP contribution is -2.55. The molecular formula is C22H31N3O2.